The van der Waals surface area contributed by atoms with Crippen molar-refractivity contribution >= 4 is 0 Å². The molecule has 1 aliphatic heterocycles. The van der Waals surface area contributed by atoms with Gasteiger partial charge in [0, 0.05) is 0 Å². The summed E-state index contributed by atoms with van der Waals surface area (Å²) in [7, 11) is 0. The van der Waals surface area contributed by atoms with Gasteiger partial charge in [-0.15, -0.1) is 0 Å². The van der Waals surface area contributed by atoms with Crippen molar-refractivity contribution in [2.45, 2.75) is 59.2 Å². The van der Waals surface area contributed by atoms with Crippen LogP contribution in [0.2, 0.25) is 0 Å². The van der Waals surface area contributed by atoms with Crippen LogP contribution in [0.5, 0.6) is 0 Å². The van der Waals surface area contributed by atoms with Crippen LogP contribution in [0.15, 0.2) is 0 Å². The van der Waals surface area contributed by atoms with Crippen molar-refractivity contribution < 1.29 is 4.74 Å². The predicted molar refractivity (Wildman–Crippen MR) is 47.6 cm³/mol. The standard InChI is InChI=1S/C10H20O/c1-5-10(3,4)9-7-6-8(2)11-9/h8-9H,5-7H2,1-4H3. The molecule has 1 saturated heterocycles. The van der Waals surface area contributed by atoms with E-state index in [1.807, 2.05) is 0 Å². The summed E-state index contributed by atoms with van der Waals surface area (Å²) in [4.78, 5) is 0. The molecule has 0 bridgehead atoms. The minimum atomic E-state index is 0.380. The molecule has 11 heavy (non-hydrogen) atoms. The Morgan fingerprint density at radius 2 is 2.00 bits per heavy atom. The van der Waals surface area contributed by atoms with Crippen LogP contribution < -0.4 is 0 Å². The van der Waals surface area contributed by atoms with Crippen molar-refractivity contribution in [2.24, 2.45) is 5.41 Å². The van der Waals surface area contributed by atoms with E-state index < -0.39 is 0 Å². The van der Waals surface area contributed by atoms with Gasteiger partial charge < -0.3 is 4.74 Å². The fourth-order valence-corrected chi connectivity index (χ4v) is 1.61. The largest absolute Gasteiger partial charge is 0.375 e. The molecule has 1 rings (SSSR count). The Hall–Kier alpha value is -0.0400. The molecule has 0 aromatic rings. The van der Waals surface area contributed by atoms with E-state index in [1.165, 1.54) is 19.3 Å². The summed E-state index contributed by atoms with van der Waals surface area (Å²) in [6.45, 7) is 9.02. The summed E-state index contributed by atoms with van der Waals surface area (Å²) in [5.74, 6) is 0. The topological polar surface area (TPSA) is 9.23 Å². The predicted octanol–water partition coefficient (Wildman–Crippen LogP) is 2.99. The van der Waals surface area contributed by atoms with Crippen LogP contribution in [-0.2, 0) is 4.74 Å². The van der Waals surface area contributed by atoms with Crippen LogP contribution in [0.1, 0.15) is 47.0 Å². The van der Waals surface area contributed by atoms with Crippen LogP contribution in [0.3, 0.4) is 0 Å². The summed E-state index contributed by atoms with van der Waals surface area (Å²) >= 11 is 0. The summed E-state index contributed by atoms with van der Waals surface area (Å²) in [5.41, 5.74) is 0.380. The Kier molecular flexibility index (Phi) is 2.58. The van der Waals surface area contributed by atoms with Gasteiger partial charge in [-0.3, -0.25) is 0 Å². The highest BCUT2D eigenvalue weighted by Gasteiger charge is 2.33. The average molecular weight is 156 g/mol. The van der Waals surface area contributed by atoms with Gasteiger partial charge in [0.25, 0.3) is 0 Å². The minimum Gasteiger partial charge on any atom is -0.375 e. The van der Waals surface area contributed by atoms with Crippen molar-refractivity contribution in [2.75, 3.05) is 0 Å². The van der Waals surface area contributed by atoms with E-state index in [1.54, 1.807) is 0 Å². The third-order valence-corrected chi connectivity index (χ3v) is 3.01. The summed E-state index contributed by atoms with van der Waals surface area (Å²) in [5, 5.41) is 0. The molecule has 66 valence electrons. The third kappa shape index (κ3) is 1.96. The van der Waals surface area contributed by atoms with Crippen molar-refractivity contribution in [3.8, 4) is 0 Å². The molecule has 0 spiro atoms. The molecule has 1 heterocycles. The van der Waals surface area contributed by atoms with Crippen LogP contribution in [0.4, 0.5) is 0 Å². The van der Waals surface area contributed by atoms with Gasteiger partial charge in [-0.05, 0) is 31.6 Å². The minimum absolute atomic E-state index is 0.380. The molecule has 2 atom stereocenters. The Morgan fingerprint density at radius 1 is 1.36 bits per heavy atom. The van der Waals surface area contributed by atoms with Gasteiger partial charge in [-0.25, -0.2) is 0 Å². The zero-order valence-electron chi connectivity index (χ0n) is 8.18. The first kappa shape index (κ1) is 9.05. The van der Waals surface area contributed by atoms with E-state index in [0.717, 1.165) is 0 Å². The molecule has 0 aliphatic carbocycles. The van der Waals surface area contributed by atoms with E-state index in [4.69, 9.17) is 4.74 Å². The zero-order valence-corrected chi connectivity index (χ0v) is 8.18. The van der Waals surface area contributed by atoms with Gasteiger partial charge in [0.15, 0.2) is 0 Å². The van der Waals surface area contributed by atoms with E-state index in [-0.39, 0.29) is 0 Å². The first-order valence-electron chi connectivity index (χ1n) is 4.71. The second kappa shape index (κ2) is 3.14. The summed E-state index contributed by atoms with van der Waals surface area (Å²) in [6.07, 6.45) is 4.70. The second-order valence-corrected chi connectivity index (χ2v) is 4.35. The highest BCUT2D eigenvalue weighted by atomic mass is 16.5. The maximum absolute atomic E-state index is 5.82. The first-order chi connectivity index (χ1) is 5.06. The van der Waals surface area contributed by atoms with E-state index in [0.29, 0.717) is 17.6 Å². The normalized spacial score (nSPS) is 32.7. The molecule has 2 unspecified atom stereocenters. The molecule has 0 saturated carbocycles. The lowest BCUT2D eigenvalue weighted by Gasteiger charge is -2.29. The molecule has 0 aromatic carbocycles. The van der Waals surface area contributed by atoms with Crippen LogP contribution in [0, 0.1) is 5.41 Å². The quantitative estimate of drug-likeness (QED) is 0.597. The fourth-order valence-electron chi connectivity index (χ4n) is 1.61. The van der Waals surface area contributed by atoms with Gasteiger partial charge in [0.1, 0.15) is 0 Å². The third-order valence-electron chi connectivity index (χ3n) is 3.01. The van der Waals surface area contributed by atoms with E-state index in [9.17, 15) is 0 Å². The van der Waals surface area contributed by atoms with Crippen LogP contribution in [0.25, 0.3) is 0 Å². The Bertz CT molecular complexity index is 129. The lowest BCUT2D eigenvalue weighted by molar-refractivity contribution is -0.0175. The van der Waals surface area contributed by atoms with E-state index >= 15 is 0 Å². The van der Waals surface area contributed by atoms with Gasteiger partial charge in [0.2, 0.25) is 0 Å². The zero-order chi connectivity index (χ0) is 8.48. The van der Waals surface area contributed by atoms with E-state index in [2.05, 4.69) is 27.7 Å². The molecule has 1 heteroatoms. The van der Waals surface area contributed by atoms with Gasteiger partial charge in [0.05, 0.1) is 12.2 Å². The summed E-state index contributed by atoms with van der Waals surface area (Å²) < 4.78 is 5.82. The Morgan fingerprint density at radius 3 is 2.36 bits per heavy atom. The molecule has 0 N–H and O–H groups in total. The number of ether oxygens (including phenoxy) is 1. The second-order valence-electron chi connectivity index (χ2n) is 4.35. The molecule has 0 amide bonds. The van der Waals surface area contributed by atoms with Gasteiger partial charge in [-0.2, -0.15) is 0 Å². The number of rotatable bonds is 2. The summed E-state index contributed by atoms with van der Waals surface area (Å²) in [6, 6.07) is 0. The SMILES string of the molecule is CCC(C)(C)C1CCC(C)O1. The molecule has 1 aliphatic rings. The molecule has 1 nitrogen and oxygen atoms in total. The maximum Gasteiger partial charge on any atom is 0.0630 e. The maximum atomic E-state index is 5.82. The monoisotopic (exact) mass is 156 g/mol. The average Bonchev–Trinajstić information content (AvgIpc) is 2.36. The molecule has 0 radical (unpaired) electrons. The Balaban J connectivity index is 2.48. The van der Waals surface area contributed by atoms with Crippen molar-refractivity contribution in [1.29, 1.82) is 0 Å². The number of hydrogen-bond acceptors (Lipinski definition) is 1. The molecular weight excluding hydrogens is 136 g/mol. The lowest BCUT2D eigenvalue weighted by atomic mass is 9.82. The number of hydrogen-bond donors (Lipinski definition) is 0. The van der Waals surface area contributed by atoms with Crippen LogP contribution >= 0.6 is 0 Å². The van der Waals surface area contributed by atoms with Crippen molar-refractivity contribution in [3.05, 3.63) is 0 Å². The lowest BCUT2D eigenvalue weighted by Crippen LogP contribution is -2.28. The van der Waals surface area contributed by atoms with Crippen molar-refractivity contribution in [3.63, 3.8) is 0 Å². The fraction of sp³-hybridized carbons (Fsp3) is 1.00. The highest BCUT2D eigenvalue weighted by Crippen LogP contribution is 2.35. The molecule has 0 aromatic heterocycles. The molecular formula is C10H20O. The molecule has 1 fully saturated rings. The Labute approximate surface area is 70.1 Å². The van der Waals surface area contributed by atoms with Gasteiger partial charge in [-0.1, -0.05) is 20.8 Å². The van der Waals surface area contributed by atoms with Crippen LogP contribution in [-0.4, -0.2) is 12.2 Å². The first-order valence-corrected chi connectivity index (χ1v) is 4.71. The highest BCUT2D eigenvalue weighted by molar-refractivity contribution is 4.83. The van der Waals surface area contributed by atoms with Crippen molar-refractivity contribution in [1.82, 2.24) is 0 Å². The smallest absolute Gasteiger partial charge is 0.0630 e. The van der Waals surface area contributed by atoms with Gasteiger partial charge >= 0.3 is 0 Å².